The van der Waals surface area contributed by atoms with Crippen LogP contribution in [0.4, 0.5) is 10.1 Å². The van der Waals surface area contributed by atoms with E-state index >= 15 is 0 Å². The molecule has 0 radical (unpaired) electrons. The molecule has 3 aromatic rings. The Kier molecular flexibility index (Phi) is 4.03. The van der Waals surface area contributed by atoms with Crippen LogP contribution in [0.25, 0.3) is 10.1 Å². The fourth-order valence-corrected chi connectivity index (χ4v) is 3.03. The summed E-state index contributed by atoms with van der Waals surface area (Å²) in [4.78, 5) is 22.7. The highest BCUT2D eigenvalue weighted by atomic mass is 32.1. The summed E-state index contributed by atoms with van der Waals surface area (Å²) in [5, 5.41) is 11.4. The smallest absolute Gasteiger partial charge is 0.348 e. The van der Waals surface area contributed by atoms with E-state index in [9.17, 15) is 19.3 Å². The number of esters is 1. The van der Waals surface area contributed by atoms with Gasteiger partial charge in [0.25, 0.3) is 5.69 Å². The standard InChI is InChI=1S/C16H10FNO4S/c17-12-3-1-2-10(6-12)9-22-16(19)15-8-11-7-13(18(20)21)4-5-14(11)23-15/h1-8H,9H2. The van der Waals surface area contributed by atoms with Crippen LogP contribution in [0, 0.1) is 15.9 Å². The van der Waals surface area contributed by atoms with Gasteiger partial charge in [0, 0.05) is 22.2 Å². The lowest BCUT2D eigenvalue weighted by Gasteiger charge is -2.03. The first-order valence-corrected chi connectivity index (χ1v) is 7.44. The third kappa shape index (κ3) is 3.35. The second-order valence-corrected chi connectivity index (χ2v) is 5.88. The number of carbonyl (C=O) groups excluding carboxylic acids is 1. The topological polar surface area (TPSA) is 69.4 Å². The number of carbonyl (C=O) groups is 1. The molecule has 0 N–H and O–H groups in total. The molecule has 23 heavy (non-hydrogen) atoms. The minimum absolute atomic E-state index is 0.0324. The van der Waals surface area contributed by atoms with E-state index in [1.54, 1.807) is 18.2 Å². The molecule has 0 amide bonds. The molecule has 0 unspecified atom stereocenters. The number of ether oxygens (including phenoxy) is 1. The van der Waals surface area contributed by atoms with Gasteiger partial charge in [0.15, 0.2) is 0 Å². The molecule has 3 rings (SSSR count). The second-order valence-electron chi connectivity index (χ2n) is 4.80. The van der Waals surface area contributed by atoms with Crippen molar-refractivity contribution in [3.8, 4) is 0 Å². The van der Waals surface area contributed by atoms with Crippen molar-refractivity contribution in [1.82, 2.24) is 0 Å². The van der Waals surface area contributed by atoms with Gasteiger partial charge < -0.3 is 4.74 Å². The van der Waals surface area contributed by atoms with Crippen molar-refractivity contribution < 1.29 is 18.8 Å². The van der Waals surface area contributed by atoms with E-state index in [4.69, 9.17) is 4.74 Å². The molecule has 2 aromatic carbocycles. The van der Waals surface area contributed by atoms with Gasteiger partial charge in [-0.3, -0.25) is 10.1 Å². The Morgan fingerprint density at radius 3 is 2.78 bits per heavy atom. The summed E-state index contributed by atoms with van der Waals surface area (Å²) in [7, 11) is 0. The minimum Gasteiger partial charge on any atom is -0.457 e. The van der Waals surface area contributed by atoms with Gasteiger partial charge in [0.2, 0.25) is 0 Å². The largest absolute Gasteiger partial charge is 0.457 e. The van der Waals surface area contributed by atoms with Crippen LogP contribution in [-0.2, 0) is 11.3 Å². The molecule has 0 fully saturated rings. The number of nitro groups is 1. The lowest BCUT2D eigenvalue weighted by Crippen LogP contribution is -2.03. The molecule has 0 spiro atoms. The molecule has 0 aliphatic heterocycles. The Balaban J connectivity index is 1.77. The molecule has 0 saturated carbocycles. The summed E-state index contributed by atoms with van der Waals surface area (Å²) >= 11 is 1.19. The van der Waals surface area contributed by atoms with E-state index in [-0.39, 0.29) is 12.3 Å². The van der Waals surface area contributed by atoms with Gasteiger partial charge in [-0.05, 0) is 29.8 Å². The summed E-state index contributed by atoms with van der Waals surface area (Å²) in [6, 6.07) is 11.8. The monoisotopic (exact) mass is 331 g/mol. The number of nitrogens with zero attached hydrogens (tertiary/aromatic N) is 1. The maximum Gasteiger partial charge on any atom is 0.348 e. The number of nitro benzene ring substituents is 1. The van der Waals surface area contributed by atoms with Crippen LogP contribution in [-0.4, -0.2) is 10.9 Å². The zero-order valence-corrected chi connectivity index (χ0v) is 12.5. The normalized spacial score (nSPS) is 10.7. The van der Waals surface area contributed by atoms with Crippen LogP contribution in [0.2, 0.25) is 0 Å². The highest BCUT2D eigenvalue weighted by Crippen LogP contribution is 2.29. The van der Waals surface area contributed by atoms with Crippen molar-refractivity contribution in [2.24, 2.45) is 0 Å². The van der Waals surface area contributed by atoms with Gasteiger partial charge in [-0.2, -0.15) is 0 Å². The molecule has 0 aliphatic rings. The van der Waals surface area contributed by atoms with E-state index in [1.807, 2.05) is 0 Å². The maximum absolute atomic E-state index is 13.1. The lowest BCUT2D eigenvalue weighted by atomic mass is 10.2. The van der Waals surface area contributed by atoms with Crippen molar-refractivity contribution in [3.05, 3.63) is 74.9 Å². The number of fused-ring (bicyclic) bond motifs is 1. The van der Waals surface area contributed by atoms with E-state index in [2.05, 4.69) is 0 Å². The fourth-order valence-electron chi connectivity index (χ4n) is 2.09. The van der Waals surface area contributed by atoms with Gasteiger partial charge in [-0.25, -0.2) is 9.18 Å². The van der Waals surface area contributed by atoms with Crippen LogP contribution < -0.4 is 0 Å². The maximum atomic E-state index is 13.1. The Morgan fingerprint density at radius 1 is 1.22 bits per heavy atom. The van der Waals surface area contributed by atoms with Crippen molar-refractivity contribution in [2.45, 2.75) is 6.61 Å². The van der Waals surface area contributed by atoms with E-state index in [0.29, 0.717) is 15.8 Å². The van der Waals surface area contributed by atoms with Crippen molar-refractivity contribution in [1.29, 1.82) is 0 Å². The molecular formula is C16H10FNO4S. The number of hydrogen-bond donors (Lipinski definition) is 0. The molecule has 116 valence electrons. The summed E-state index contributed by atoms with van der Waals surface area (Å²) < 4.78 is 19.0. The highest BCUT2D eigenvalue weighted by molar-refractivity contribution is 7.20. The first-order chi connectivity index (χ1) is 11.0. The molecule has 7 heteroatoms. The van der Waals surface area contributed by atoms with Gasteiger partial charge >= 0.3 is 5.97 Å². The highest BCUT2D eigenvalue weighted by Gasteiger charge is 2.14. The van der Waals surface area contributed by atoms with Crippen LogP contribution in [0.15, 0.2) is 48.5 Å². The molecule has 1 aromatic heterocycles. The number of non-ortho nitro benzene ring substituents is 1. The van der Waals surface area contributed by atoms with Gasteiger partial charge in [0.1, 0.15) is 17.3 Å². The quantitative estimate of drug-likeness (QED) is 0.406. The van der Waals surface area contributed by atoms with E-state index in [0.717, 1.165) is 4.70 Å². The molecule has 0 saturated heterocycles. The predicted molar refractivity (Wildman–Crippen MR) is 84.0 cm³/mol. The fraction of sp³-hybridized carbons (Fsp3) is 0.0625. The Bertz CT molecular complexity index is 906. The average Bonchev–Trinajstić information content (AvgIpc) is 2.95. The number of benzene rings is 2. The number of rotatable bonds is 4. The lowest BCUT2D eigenvalue weighted by molar-refractivity contribution is -0.384. The van der Waals surface area contributed by atoms with E-state index < -0.39 is 16.7 Å². The number of thiophene rings is 1. The average molecular weight is 331 g/mol. The van der Waals surface area contributed by atoms with Gasteiger partial charge in [-0.15, -0.1) is 11.3 Å². The Labute approximate surface area is 134 Å². The van der Waals surface area contributed by atoms with Crippen LogP contribution in [0.3, 0.4) is 0 Å². The minimum atomic E-state index is -0.543. The van der Waals surface area contributed by atoms with Crippen molar-refractivity contribution in [3.63, 3.8) is 0 Å². The molecule has 0 aliphatic carbocycles. The number of hydrogen-bond acceptors (Lipinski definition) is 5. The first-order valence-electron chi connectivity index (χ1n) is 6.62. The Hall–Kier alpha value is -2.80. The van der Waals surface area contributed by atoms with Crippen molar-refractivity contribution in [2.75, 3.05) is 0 Å². The SMILES string of the molecule is O=C(OCc1cccc(F)c1)c1cc2cc([N+](=O)[O-])ccc2s1. The Morgan fingerprint density at radius 2 is 2.04 bits per heavy atom. The summed E-state index contributed by atoms with van der Waals surface area (Å²) in [5.74, 6) is -0.939. The van der Waals surface area contributed by atoms with E-state index in [1.165, 1.54) is 41.7 Å². The van der Waals surface area contributed by atoms with Gasteiger partial charge in [0.05, 0.1) is 4.92 Å². The third-order valence-corrected chi connectivity index (χ3v) is 4.27. The molecule has 0 atom stereocenters. The molecule has 0 bridgehead atoms. The van der Waals surface area contributed by atoms with Gasteiger partial charge in [-0.1, -0.05) is 12.1 Å². The third-order valence-electron chi connectivity index (χ3n) is 3.17. The molecule has 1 heterocycles. The van der Waals surface area contributed by atoms with Crippen LogP contribution >= 0.6 is 11.3 Å². The number of halogens is 1. The summed E-state index contributed by atoms with van der Waals surface area (Å²) in [5.41, 5.74) is 0.519. The predicted octanol–water partition coefficient (Wildman–Crippen LogP) is 4.31. The zero-order chi connectivity index (χ0) is 16.4. The zero-order valence-electron chi connectivity index (χ0n) is 11.7. The first kappa shape index (κ1) is 15.1. The van der Waals surface area contributed by atoms with Crippen LogP contribution in [0.5, 0.6) is 0 Å². The van der Waals surface area contributed by atoms with Crippen LogP contribution in [0.1, 0.15) is 15.2 Å². The summed E-state index contributed by atoms with van der Waals surface area (Å²) in [6.07, 6.45) is 0. The second kappa shape index (κ2) is 6.13. The molecule has 5 nitrogen and oxygen atoms in total. The molecular weight excluding hydrogens is 321 g/mol. The summed E-state index contributed by atoms with van der Waals surface area (Å²) in [6.45, 7) is -0.0367. The van der Waals surface area contributed by atoms with Crippen molar-refractivity contribution >= 4 is 33.1 Å².